The molecule has 0 aromatic heterocycles. The van der Waals surface area contributed by atoms with Crippen LogP contribution >= 0.6 is 27.7 Å². The number of carbonyl (C=O) groups is 1. The quantitative estimate of drug-likeness (QED) is 0.423. The van der Waals surface area contributed by atoms with E-state index in [1.165, 1.54) is 0 Å². The molecule has 0 fully saturated rings. The largest absolute Gasteiger partial charge is 0.327 e. The molecule has 0 saturated heterocycles. The van der Waals surface area contributed by atoms with Crippen molar-refractivity contribution in [2.45, 2.75) is 25.1 Å². The number of nitrogens with two attached hydrogens (primary N) is 2. The predicted octanol–water partition coefficient (Wildman–Crippen LogP) is 2.02. The van der Waals surface area contributed by atoms with E-state index in [0.717, 1.165) is 28.0 Å². The molecular weight excluding hydrogens is 314 g/mol. The molecule has 100 valence electrons. The molecule has 1 amide bonds. The van der Waals surface area contributed by atoms with Gasteiger partial charge in [-0.2, -0.15) is 11.8 Å². The standard InChI is InChI=1S/C12H18BrN3OS/c1-2-10(14)7-18-6-9-4-3-8(5-11(9)13)12(17)16-15/h3-5,10H,2,6-7,14-15H2,1H3,(H,16,17). The van der Waals surface area contributed by atoms with Gasteiger partial charge in [0.15, 0.2) is 0 Å². The van der Waals surface area contributed by atoms with Crippen LogP contribution in [0.15, 0.2) is 22.7 Å². The van der Waals surface area contributed by atoms with Crippen LogP contribution in [0.5, 0.6) is 0 Å². The van der Waals surface area contributed by atoms with Gasteiger partial charge in [0, 0.05) is 27.6 Å². The summed E-state index contributed by atoms with van der Waals surface area (Å²) in [6.45, 7) is 2.08. The van der Waals surface area contributed by atoms with E-state index < -0.39 is 0 Å². The Kier molecular flexibility index (Phi) is 6.70. The van der Waals surface area contributed by atoms with Crippen LogP contribution in [0.2, 0.25) is 0 Å². The van der Waals surface area contributed by atoms with Crippen molar-refractivity contribution in [1.29, 1.82) is 0 Å². The molecule has 5 N–H and O–H groups in total. The van der Waals surface area contributed by atoms with Gasteiger partial charge >= 0.3 is 0 Å². The fourth-order valence-corrected chi connectivity index (χ4v) is 3.16. The fraction of sp³-hybridized carbons (Fsp3) is 0.417. The Labute approximate surface area is 120 Å². The molecule has 6 heteroatoms. The van der Waals surface area contributed by atoms with Gasteiger partial charge in [-0.3, -0.25) is 10.2 Å². The van der Waals surface area contributed by atoms with Crippen LogP contribution in [0, 0.1) is 0 Å². The van der Waals surface area contributed by atoms with E-state index in [9.17, 15) is 4.79 Å². The van der Waals surface area contributed by atoms with Crippen LogP contribution in [0.25, 0.3) is 0 Å². The van der Waals surface area contributed by atoms with Crippen molar-refractivity contribution < 1.29 is 4.79 Å². The van der Waals surface area contributed by atoms with Gasteiger partial charge in [0.2, 0.25) is 0 Å². The van der Waals surface area contributed by atoms with Crippen molar-refractivity contribution in [2.24, 2.45) is 11.6 Å². The van der Waals surface area contributed by atoms with Crippen molar-refractivity contribution >= 4 is 33.6 Å². The van der Waals surface area contributed by atoms with Gasteiger partial charge in [0.25, 0.3) is 5.91 Å². The van der Waals surface area contributed by atoms with Crippen LogP contribution in [0.3, 0.4) is 0 Å². The zero-order valence-corrected chi connectivity index (χ0v) is 12.7. The number of thioether (sulfide) groups is 1. The minimum Gasteiger partial charge on any atom is -0.327 e. The molecule has 1 aromatic carbocycles. The van der Waals surface area contributed by atoms with E-state index >= 15 is 0 Å². The van der Waals surface area contributed by atoms with Gasteiger partial charge in [-0.25, -0.2) is 5.84 Å². The summed E-state index contributed by atoms with van der Waals surface area (Å²) in [7, 11) is 0. The monoisotopic (exact) mass is 331 g/mol. The fourth-order valence-electron chi connectivity index (χ4n) is 1.33. The Bertz CT molecular complexity index is 414. The normalized spacial score (nSPS) is 12.2. The van der Waals surface area contributed by atoms with Gasteiger partial charge < -0.3 is 5.73 Å². The number of halogens is 1. The van der Waals surface area contributed by atoms with Crippen molar-refractivity contribution in [3.63, 3.8) is 0 Å². The number of hydrazine groups is 1. The molecule has 0 saturated carbocycles. The summed E-state index contributed by atoms with van der Waals surface area (Å²) in [6.07, 6.45) is 0.990. The van der Waals surface area contributed by atoms with Crippen molar-refractivity contribution in [1.82, 2.24) is 5.43 Å². The number of hydrogen-bond donors (Lipinski definition) is 3. The smallest absolute Gasteiger partial charge is 0.265 e. The van der Waals surface area contributed by atoms with Gasteiger partial charge in [0.1, 0.15) is 0 Å². The summed E-state index contributed by atoms with van der Waals surface area (Å²) in [5, 5.41) is 0. The topological polar surface area (TPSA) is 81.1 Å². The second-order valence-electron chi connectivity index (χ2n) is 3.96. The zero-order chi connectivity index (χ0) is 13.5. The lowest BCUT2D eigenvalue weighted by Gasteiger charge is -2.09. The molecule has 0 radical (unpaired) electrons. The maximum absolute atomic E-state index is 11.3. The number of benzene rings is 1. The molecule has 1 aromatic rings. The molecule has 0 bridgehead atoms. The highest BCUT2D eigenvalue weighted by Gasteiger charge is 2.07. The van der Waals surface area contributed by atoms with Gasteiger partial charge in [0.05, 0.1) is 0 Å². The van der Waals surface area contributed by atoms with Gasteiger partial charge in [-0.05, 0) is 24.1 Å². The van der Waals surface area contributed by atoms with E-state index in [1.807, 2.05) is 6.07 Å². The second-order valence-corrected chi connectivity index (χ2v) is 5.85. The maximum atomic E-state index is 11.3. The van der Waals surface area contributed by atoms with Crippen LogP contribution in [-0.2, 0) is 5.75 Å². The molecule has 0 heterocycles. The molecule has 4 nitrogen and oxygen atoms in total. The molecule has 1 atom stereocenters. The number of carbonyl (C=O) groups excluding carboxylic acids is 1. The molecule has 1 rings (SSSR count). The second kappa shape index (κ2) is 7.78. The first-order valence-corrected chi connectivity index (χ1v) is 7.66. The first-order valence-electron chi connectivity index (χ1n) is 5.71. The molecular formula is C12H18BrN3OS. The third-order valence-electron chi connectivity index (χ3n) is 2.56. The van der Waals surface area contributed by atoms with E-state index in [1.54, 1.807) is 23.9 Å². The number of nitrogen functional groups attached to an aromatic ring is 1. The van der Waals surface area contributed by atoms with E-state index in [-0.39, 0.29) is 11.9 Å². The van der Waals surface area contributed by atoms with Crippen LogP contribution in [-0.4, -0.2) is 17.7 Å². The zero-order valence-electron chi connectivity index (χ0n) is 10.3. The molecule has 1 unspecified atom stereocenters. The van der Waals surface area contributed by atoms with Crippen LogP contribution < -0.4 is 17.0 Å². The van der Waals surface area contributed by atoms with E-state index in [2.05, 4.69) is 28.3 Å². The number of rotatable bonds is 6. The highest BCUT2D eigenvalue weighted by atomic mass is 79.9. The summed E-state index contributed by atoms with van der Waals surface area (Å²) < 4.78 is 0.918. The van der Waals surface area contributed by atoms with Gasteiger partial charge in [-0.15, -0.1) is 0 Å². The minimum absolute atomic E-state index is 0.246. The lowest BCUT2D eigenvalue weighted by molar-refractivity contribution is 0.0953. The number of amides is 1. The lowest BCUT2D eigenvalue weighted by Crippen LogP contribution is -2.29. The molecule has 0 spiro atoms. The van der Waals surface area contributed by atoms with E-state index in [0.29, 0.717) is 5.56 Å². The summed E-state index contributed by atoms with van der Waals surface area (Å²) in [6, 6.07) is 5.72. The number of hydrogen-bond acceptors (Lipinski definition) is 4. The Morgan fingerprint density at radius 1 is 1.56 bits per heavy atom. The Balaban J connectivity index is 2.60. The van der Waals surface area contributed by atoms with Crippen LogP contribution in [0.4, 0.5) is 0 Å². The minimum atomic E-state index is -0.289. The Morgan fingerprint density at radius 2 is 2.28 bits per heavy atom. The van der Waals surface area contributed by atoms with Crippen molar-refractivity contribution in [3.8, 4) is 0 Å². The molecule has 18 heavy (non-hydrogen) atoms. The maximum Gasteiger partial charge on any atom is 0.265 e. The summed E-state index contributed by atoms with van der Waals surface area (Å²) in [5.41, 5.74) is 9.66. The van der Waals surface area contributed by atoms with E-state index in [4.69, 9.17) is 11.6 Å². The Hall–Kier alpha value is -0.560. The predicted molar refractivity (Wildman–Crippen MR) is 80.2 cm³/mol. The third kappa shape index (κ3) is 4.61. The first-order chi connectivity index (χ1) is 8.58. The first kappa shape index (κ1) is 15.5. The molecule has 0 aliphatic carbocycles. The van der Waals surface area contributed by atoms with Crippen LogP contribution in [0.1, 0.15) is 29.3 Å². The molecule has 0 aliphatic heterocycles. The highest BCUT2D eigenvalue weighted by molar-refractivity contribution is 9.10. The summed E-state index contributed by atoms with van der Waals surface area (Å²) >= 11 is 5.26. The third-order valence-corrected chi connectivity index (χ3v) is 4.48. The van der Waals surface area contributed by atoms with Crippen molar-refractivity contribution in [2.75, 3.05) is 5.75 Å². The summed E-state index contributed by atoms with van der Waals surface area (Å²) in [4.78, 5) is 11.3. The number of nitrogens with one attached hydrogen (secondary N) is 1. The average Bonchev–Trinajstić information content (AvgIpc) is 2.39. The Morgan fingerprint density at radius 3 is 2.83 bits per heavy atom. The average molecular weight is 332 g/mol. The SMILES string of the molecule is CCC(N)CSCc1ccc(C(=O)NN)cc1Br. The van der Waals surface area contributed by atoms with Gasteiger partial charge in [-0.1, -0.05) is 28.9 Å². The highest BCUT2D eigenvalue weighted by Crippen LogP contribution is 2.23. The summed E-state index contributed by atoms with van der Waals surface area (Å²) in [5.74, 6) is 6.61. The van der Waals surface area contributed by atoms with Crippen molar-refractivity contribution in [3.05, 3.63) is 33.8 Å². The lowest BCUT2D eigenvalue weighted by atomic mass is 10.1. The molecule has 0 aliphatic rings.